The zero-order valence-corrected chi connectivity index (χ0v) is 7.41. The molecule has 68 valence electrons. The van der Waals surface area contributed by atoms with Crippen molar-refractivity contribution in [2.24, 2.45) is 5.73 Å². The van der Waals surface area contributed by atoms with E-state index in [1.54, 1.807) is 6.20 Å². The number of pyridine rings is 1. The molecule has 1 aromatic rings. The van der Waals surface area contributed by atoms with E-state index < -0.39 is 0 Å². The molecule has 0 bridgehead atoms. The molecule has 4 N–H and O–H groups in total. The third-order valence-corrected chi connectivity index (χ3v) is 1.98. The van der Waals surface area contributed by atoms with Crippen LogP contribution in [0.15, 0.2) is 30.4 Å². The molecule has 4 nitrogen and oxygen atoms in total. The van der Waals surface area contributed by atoms with Crippen molar-refractivity contribution in [3.05, 3.63) is 41.6 Å². The third-order valence-electron chi connectivity index (χ3n) is 1.98. The lowest BCUT2D eigenvalue weighted by Crippen LogP contribution is -2.24. The number of nitrogens with one attached hydrogen (secondary N) is 2. The highest BCUT2D eigenvalue weighted by molar-refractivity contribution is 5.21. The van der Waals surface area contributed by atoms with Crippen LogP contribution in [0.4, 0.5) is 0 Å². The number of aryl methyl sites for hydroxylation is 1. The first-order valence-electron chi connectivity index (χ1n) is 4.16. The molecular formula is C9H12N4. The van der Waals surface area contributed by atoms with Crippen molar-refractivity contribution in [3.8, 4) is 0 Å². The fraction of sp³-hybridized carbons (Fsp3) is 0.222. The van der Waals surface area contributed by atoms with Crippen LogP contribution in [0.5, 0.6) is 0 Å². The van der Waals surface area contributed by atoms with E-state index in [9.17, 15) is 0 Å². The SMILES string of the molecule is Cc1ccc(C2NC=C(N)N2)cn1. The van der Waals surface area contributed by atoms with E-state index in [1.165, 1.54) is 0 Å². The van der Waals surface area contributed by atoms with Gasteiger partial charge in [-0.05, 0) is 13.0 Å². The Morgan fingerprint density at radius 1 is 1.46 bits per heavy atom. The van der Waals surface area contributed by atoms with Gasteiger partial charge in [-0.15, -0.1) is 0 Å². The predicted octanol–water partition coefficient (Wildman–Crippen LogP) is 0.339. The summed E-state index contributed by atoms with van der Waals surface area (Å²) in [6, 6.07) is 4.01. The van der Waals surface area contributed by atoms with Crippen LogP contribution in [-0.2, 0) is 0 Å². The van der Waals surface area contributed by atoms with Crippen molar-refractivity contribution < 1.29 is 0 Å². The van der Waals surface area contributed by atoms with Gasteiger partial charge >= 0.3 is 0 Å². The molecular weight excluding hydrogens is 164 g/mol. The van der Waals surface area contributed by atoms with Crippen molar-refractivity contribution >= 4 is 0 Å². The van der Waals surface area contributed by atoms with Gasteiger partial charge in [-0.1, -0.05) is 6.07 Å². The first-order valence-corrected chi connectivity index (χ1v) is 4.16. The Labute approximate surface area is 76.9 Å². The molecule has 2 heterocycles. The van der Waals surface area contributed by atoms with Gasteiger partial charge in [0.15, 0.2) is 0 Å². The molecule has 0 aliphatic carbocycles. The third kappa shape index (κ3) is 1.56. The van der Waals surface area contributed by atoms with Crippen LogP contribution >= 0.6 is 0 Å². The van der Waals surface area contributed by atoms with Gasteiger partial charge in [0.25, 0.3) is 0 Å². The number of rotatable bonds is 1. The standard InChI is InChI=1S/C9H12N4/c1-6-2-3-7(4-11-6)9-12-5-8(10)13-9/h2-5,9,12-13H,10H2,1H3. The van der Waals surface area contributed by atoms with E-state index in [4.69, 9.17) is 5.73 Å². The fourth-order valence-corrected chi connectivity index (χ4v) is 1.25. The number of hydrogen-bond donors (Lipinski definition) is 3. The van der Waals surface area contributed by atoms with Gasteiger partial charge in [0.1, 0.15) is 12.0 Å². The highest BCUT2D eigenvalue weighted by Crippen LogP contribution is 2.13. The smallest absolute Gasteiger partial charge is 0.125 e. The van der Waals surface area contributed by atoms with Gasteiger partial charge in [0.05, 0.1) is 0 Å². The lowest BCUT2D eigenvalue weighted by atomic mass is 10.2. The van der Waals surface area contributed by atoms with Gasteiger partial charge in [0, 0.05) is 23.7 Å². The second-order valence-corrected chi connectivity index (χ2v) is 3.08. The molecule has 0 saturated carbocycles. The Kier molecular flexibility index (Phi) is 1.81. The van der Waals surface area contributed by atoms with Crippen molar-refractivity contribution in [1.82, 2.24) is 15.6 Å². The molecule has 0 fully saturated rings. The average molecular weight is 176 g/mol. The summed E-state index contributed by atoms with van der Waals surface area (Å²) in [6.07, 6.45) is 3.66. The second-order valence-electron chi connectivity index (χ2n) is 3.08. The van der Waals surface area contributed by atoms with Crippen LogP contribution in [0.1, 0.15) is 17.4 Å². The second kappa shape index (κ2) is 2.97. The Bertz CT molecular complexity index is 328. The van der Waals surface area contributed by atoms with Crippen LogP contribution in [0.25, 0.3) is 0 Å². The summed E-state index contributed by atoms with van der Waals surface area (Å²) in [5, 5.41) is 6.18. The first kappa shape index (κ1) is 7.91. The van der Waals surface area contributed by atoms with E-state index in [0.717, 1.165) is 11.3 Å². The molecule has 0 amide bonds. The summed E-state index contributed by atoms with van der Waals surface area (Å²) in [4.78, 5) is 4.20. The van der Waals surface area contributed by atoms with Crippen LogP contribution < -0.4 is 16.4 Å². The molecule has 4 heteroatoms. The highest BCUT2D eigenvalue weighted by atomic mass is 15.2. The zero-order chi connectivity index (χ0) is 9.26. The number of nitrogens with zero attached hydrogens (tertiary/aromatic N) is 1. The van der Waals surface area contributed by atoms with E-state index in [2.05, 4.69) is 15.6 Å². The molecule has 1 aliphatic rings. The Morgan fingerprint density at radius 3 is 2.85 bits per heavy atom. The molecule has 0 aromatic carbocycles. The number of aromatic nitrogens is 1. The molecule has 2 rings (SSSR count). The van der Waals surface area contributed by atoms with Gasteiger partial charge in [-0.3, -0.25) is 4.98 Å². The van der Waals surface area contributed by atoms with Crippen molar-refractivity contribution in [1.29, 1.82) is 0 Å². The van der Waals surface area contributed by atoms with E-state index in [-0.39, 0.29) is 6.17 Å². The first-order chi connectivity index (χ1) is 6.25. The quantitative estimate of drug-likeness (QED) is 0.577. The summed E-state index contributed by atoms with van der Waals surface area (Å²) in [5.74, 6) is 0.658. The zero-order valence-electron chi connectivity index (χ0n) is 7.41. The highest BCUT2D eigenvalue weighted by Gasteiger charge is 2.14. The van der Waals surface area contributed by atoms with Gasteiger partial charge in [-0.2, -0.15) is 0 Å². The van der Waals surface area contributed by atoms with Crippen molar-refractivity contribution in [3.63, 3.8) is 0 Å². The molecule has 0 saturated heterocycles. The lowest BCUT2D eigenvalue weighted by Gasteiger charge is -2.12. The summed E-state index contributed by atoms with van der Waals surface area (Å²) >= 11 is 0. The summed E-state index contributed by atoms with van der Waals surface area (Å²) in [5.41, 5.74) is 7.66. The van der Waals surface area contributed by atoms with Crippen LogP contribution in [0.3, 0.4) is 0 Å². The van der Waals surface area contributed by atoms with E-state index in [0.29, 0.717) is 5.82 Å². The van der Waals surface area contributed by atoms with Crippen molar-refractivity contribution in [2.45, 2.75) is 13.1 Å². The molecule has 1 aromatic heterocycles. The van der Waals surface area contributed by atoms with E-state index >= 15 is 0 Å². The molecule has 1 aliphatic heterocycles. The number of hydrogen-bond acceptors (Lipinski definition) is 4. The lowest BCUT2D eigenvalue weighted by molar-refractivity contribution is 0.590. The maximum atomic E-state index is 5.56. The van der Waals surface area contributed by atoms with Crippen LogP contribution in [-0.4, -0.2) is 4.98 Å². The minimum atomic E-state index is 0.0631. The maximum absolute atomic E-state index is 5.56. The van der Waals surface area contributed by atoms with Crippen LogP contribution in [0.2, 0.25) is 0 Å². The van der Waals surface area contributed by atoms with Gasteiger partial charge < -0.3 is 16.4 Å². The summed E-state index contributed by atoms with van der Waals surface area (Å²) in [6.45, 7) is 1.96. The molecule has 1 unspecified atom stereocenters. The Hall–Kier alpha value is -1.71. The maximum Gasteiger partial charge on any atom is 0.125 e. The predicted molar refractivity (Wildman–Crippen MR) is 50.3 cm³/mol. The minimum Gasteiger partial charge on any atom is -0.384 e. The molecule has 1 atom stereocenters. The Morgan fingerprint density at radius 2 is 2.31 bits per heavy atom. The molecule has 13 heavy (non-hydrogen) atoms. The van der Waals surface area contributed by atoms with Gasteiger partial charge in [0.2, 0.25) is 0 Å². The molecule has 0 radical (unpaired) electrons. The Balaban J connectivity index is 2.14. The van der Waals surface area contributed by atoms with Gasteiger partial charge in [-0.25, -0.2) is 0 Å². The summed E-state index contributed by atoms with van der Waals surface area (Å²) < 4.78 is 0. The van der Waals surface area contributed by atoms with E-state index in [1.807, 2.05) is 25.3 Å². The largest absolute Gasteiger partial charge is 0.384 e. The number of nitrogens with two attached hydrogens (primary N) is 1. The topological polar surface area (TPSA) is 63.0 Å². The normalized spacial score (nSPS) is 20.4. The average Bonchev–Trinajstić information content (AvgIpc) is 2.53. The molecule has 0 spiro atoms. The van der Waals surface area contributed by atoms with Crippen LogP contribution in [0, 0.1) is 6.92 Å². The minimum absolute atomic E-state index is 0.0631. The monoisotopic (exact) mass is 176 g/mol. The fourth-order valence-electron chi connectivity index (χ4n) is 1.25. The summed E-state index contributed by atoms with van der Waals surface area (Å²) in [7, 11) is 0. The van der Waals surface area contributed by atoms with Crippen molar-refractivity contribution in [2.75, 3.05) is 0 Å².